The highest BCUT2D eigenvalue weighted by molar-refractivity contribution is 5.73. The SMILES string of the molecule is C#CCNC(C(=O)O)C1CCC(C(C)(C)C)CC1. The first-order valence-corrected chi connectivity index (χ1v) is 6.76. The molecule has 0 radical (unpaired) electrons. The molecule has 1 atom stereocenters. The molecule has 2 N–H and O–H groups in total. The van der Waals surface area contributed by atoms with Gasteiger partial charge in [-0.2, -0.15) is 0 Å². The van der Waals surface area contributed by atoms with Crippen LogP contribution in [-0.2, 0) is 4.79 Å². The van der Waals surface area contributed by atoms with Gasteiger partial charge in [-0.3, -0.25) is 10.1 Å². The molecular weight excluding hydrogens is 226 g/mol. The van der Waals surface area contributed by atoms with Crippen LogP contribution in [0.25, 0.3) is 0 Å². The van der Waals surface area contributed by atoms with E-state index in [0.717, 1.165) is 25.7 Å². The van der Waals surface area contributed by atoms with Gasteiger partial charge in [-0.1, -0.05) is 26.7 Å². The lowest BCUT2D eigenvalue weighted by molar-refractivity contribution is -0.141. The second-order valence-electron chi connectivity index (χ2n) is 6.38. The summed E-state index contributed by atoms with van der Waals surface area (Å²) in [6.45, 7) is 7.13. The average Bonchev–Trinajstić information content (AvgIpc) is 2.28. The average molecular weight is 251 g/mol. The zero-order valence-electron chi connectivity index (χ0n) is 11.7. The summed E-state index contributed by atoms with van der Waals surface area (Å²) in [6.07, 6.45) is 9.39. The van der Waals surface area contributed by atoms with Crippen molar-refractivity contribution in [3.8, 4) is 12.3 Å². The molecule has 3 heteroatoms. The van der Waals surface area contributed by atoms with Crippen LogP contribution in [0.5, 0.6) is 0 Å². The van der Waals surface area contributed by atoms with Crippen molar-refractivity contribution in [3.63, 3.8) is 0 Å². The minimum Gasteiger partial charge on any atom is -0.480 e. The topological polar surface area (TPSA) is 49.3 Å². The Kier molecular flexibility index (Phi) is 5.22. The van der Waals surface area contributed by atoms with E-state index in [9.17, 15) is 9.90 Å². The smallest absolute Gasteiger partial charge is 0.321 e. The maximum atomic E-state index is 11.3. The highest BCUT2D eigenvalue weighted by Crippen LogP contribution is 2.40. The van der Waals surface area contributed by atoms with E-state index in [2.05, 4.69) is 32.0 Å². The molecule has 102 valence electrons. The fourth-order valence-corrected chi connectivity index (χ4v) is 2.94. The highest BCUT2D eigenvalue weighted by atomic mass is 16.4. The van der Waals surface area contributed by atoms with Gasteiger partial charge < -0.3 is 5.11 Å². The van der Waals surface area contributed by atoms with Gasteiger partial charge in [0.05, 0.1) is 6.54 Å². The third-order valence-corrected chi connectivity index (χ3v) is 4.16. The van der Waals surface area contributed by atoms with Crippen LogP contribution in [-0.4, -0.2) is 23.7 Å². The lowest BCUT2D eigenvalue weighted by atomic mass is 9.68. The van der Waals surface area contributed by atoms with Crippen LogP contribution in [0, 0.1) is 29.6 Å². The van der Waals surface area contributed by atoms with E-state index < -0.39 is 12.0 Å². The molecule has 3 nitrogen and oxygen atoms in total. The summed E-state index contributed by atoms with van der Waals surface area (Å²) < 4.78 is 0. The van der Waals surface area contributed by atoms with E-state index in [-0.39, 0.29) is 5.92 Å². The van der Waals surface area contributed by atoms with E-state index in [0.29, 0.717) is 17.9 Å². The van der Waals surface area contributed by atoms with Gasteiger partial charge in [0.15, 0.2) is 0 Å². The lowest BCUT2D eigenvalue weighted by Crippen LogP contribution is -2.45. The summed E-state index contributed by atoms with van der Waals surface area (Å²) in [5.74, 6) is 2.60. The van der Waals surface area contributed by atoms with Crippen LogP contribution in [0.3, 0.4) is 0 Å². The molecule has 1 unspecified atom stereocenters. The molecule has 1 aliphatic rings. The van der Waals surface area contributed by atoms with Crippen molar-refractivity contribution in [2.45, 2.75) is 52.5 Å². The summed E-state index contributed by atoms with van der Waals surface area (Å²) >= 11 is 0. The minimum absolute atomic E-state index is 0.217. The molecule has 0 saturated heterocycles. The predicted octanol–water partition coefficient (Wildman–Crippen LogP) is 2.51. The van der Waals surface area contributed by atoms with Crippen molar-refractivity contribution < 1.29 is 9.90 Å². The van der Waals surface area contributed by atoms with Crippen LogP contribution in [0.4, 0.5) is 0 Å². The first kappa shape index (κ1) is 15.0. The number of rotatable bonds is 4. The van der Waals surface area contributed by atoms with Gasteiger partial charge >= 0.3 is 5.97 Å². The Labute approximate surface area is 110 Å². The van der Waals surface area contributed by atoms with E-state index in [1.807, 2.05) is 0 Å². The number of carboxylic acid groups (broad SMARTS) is 1. The van der Waals surface area contributed by atoms with E-state index in [1.54, 1.807) is 0 Å². The molecule has 1 fully saturated rings. The molecule has 1 saturated carbocycles. The minimum atomic E-state index is -0.774. The highest BCUT2D eigenvalue weighted by Gasteiger charge is 2.35. The van der Waals surface area contributed by atoms with Crippen molar-refractivity contribution in [2.75, 3.05) is 6.54 Å². The molecule has 0 aliphatic heterocycles. The molecule has 0 aromatic heterocycles. The summed E-state index contributed by atoms with van der Waals surface area (Å²) in [5, 5.41) is 12.2. The first-order chi connectivity index (χ1) is 8.36. The summed E-state index contributed by atoms with van der Waals surface area (Å²) in [5.41, 5.74) is 0.329. The Bertz CT molecular complexity index is 316. The fraction of sp³-hybridized carbons (Fsp3) is 0.800. The van der Waals surface area contributed by atoms with Crippen LogP contribution >= 0.6 is 0 Å². The standard InChI is InChI=1S/C15H25NO2/c1-5-10-16-13(14(17)18)11-6-8-12(9-7-11)15(2,3)4/h1,11-13,16H,6-10H2,2-4H3,(H,17,18). The second kappa shape index (κ2) is 6.24. The zero-order valence-corrected chi connectivity index (χ0v) is 11.7. The van der Waals surface area contributed by atoms with Crippen molar-refractivity contribution in [1.29, 1.82) is 0 Å². The monoisotopic (exact) mass is 251 g/mol. The molecular formula is C15H25NO2. The van der Waals surface area contributed by atoms with Crippen molar-refractivity contribution in [1.82, 2.24) is 5.32 Å². The number of terminal acetylenes is 1. The summed E-state index contributed by atoms with van der Waals surface area (Å²) in [6, 6.07) is -0.484. The van der Waals surface area contributed by atoms with Crippen molar-refractivity contribution >= 4 is 5.97 Å². The van der Waals surface area contributed by atoms with Gasteiger partial charge in [0.2, 0.25) is 0 Å². The van der Waals surface area contributed by atoms with Gasteiger partial charge in [0.25, 0.3) is 0 Å². The molecule has 0 bridgehead atoms. The molecule has 0 aromatic carbocycles. The summed E-state index contributed by atoms with van der Waals surface area (Å²) in [7, 11) is 0. The van der Waals surface area contributed by atoms with Gasteiger partial charge in [-0.25, -0.2) is 0 Å². The van der Waals surface area contributed by atoms with Gasteiger partial charge in [-0.05, 0) is 42.9 Å². The van der Waals surface area contributed by atoms with Crippen molar-refractivity contribution in [3.05, 3.63) is 0 Å². The number of hydrogen-bond donors (Lipinski definition) is 2. The van der Waals surface area contributed by atoms with Gasteiger partial charge in [0, 0.05) is 0 Å². The van der Waals surface area contributed by atoms with Gasteiger partial charge in [-0.15, -0.1) is 6.42 Å². The quantitative estimate of drug-likeness (QED) is 0.755. The third kappa shape index (κ3) is 4.03. The maximum Gasteiger partial charge on any atom is 0.321 e. The number of hydrogen-bond acceptors (Lipinski definition) is 2. The molecule has 1 rings (SSSR count). The van der Waals surface area contributed by atoms with Crippen LogP contribution in [0.15, 0.2) is 0 Å². The maximum absolute atomic E-state index is 11.3. The van der Waals surface area contributed by atoms with Crippen molar-refractivity contribution in [2.24, 2.45) is 17.3 Å². The number of aliphatic carboxylic acids is 1. The molecule has 0 spiro atoms. The van der Waals surface area contributed by atoms with Crippen LogP contribution < -0.4 is 5.32 Å². The Balaban J connectivity index is 2.54. The van der Waals surface area contributed by atoms with E-state index in [4.69, 9.17) is 6.42 Å². The van der Waals surface area contributed by atoms with Gasteiger partial charge in [0.1, 0.15) is 6.04 Å². The molecule has 0 aromatic rings. The molecule has 0 heterocycles. The Morgan fingerprint density at radius 3 is 2.33 bits per heavy atom. The predicted molar refractivity (Wildman–Crippen MR) is 73.2 cm³/mol. The lowest BCUT2D eigenvalue weighted by Gasteiger charge is -2.38. The van der Waals surface area contributed by atoms with E-state index in [1.165, 1.54) is 0 Å². The number of carbonyl (C=O) groups is 1. The van der Waals surface area contributed by atoms with Crippen LogP contribution in [0.2, 0.25) is 0 Å². The number of carboxylic acids is 1. The largest absolute Gasteiger partial charge is 0.480 e. The Morgan fingerprint density at radius 1 is 1.39 bits per heavy atom. The molecule has 1 aliphatic carbocycles. The van der Waals surface area contributed by atoms with E-state index >= 15 is 0 Å². The zero-order chi connectivity index (χ0) is 13.8. The first-order valence-electron chi connectivity index (χ1n) is 6.76. The Morgan fingerprint density at radius 2 is 1.94 bits per heavy atom. The third-order valence-electron chi connectivity index (χ3n) is 4.16. The normalized spacial score (nSPS) is 26.3. The molecule has 0 amide bonds. The second-order valence-corrected chi connectivity index (χ2v) is 6.38. The number of nitrogens with one attached hydrogen (secondary N) is 1. The van der Waals surface area contributed by atoms with Crippen LogP contribution in [0.1, 0.15) is 46.5 Å². The molecule has 18 heavy (non-hydrogen) atoms. The Hall–Kier alpha value is -1.01. The summed E-state index contributed by atoms with van der Waals surface area (Å²) in [4.78, 5) is 11.3. The fourth-order valence-electron chi connectivity index (χ4n) is 2.94.